The number of hydrogen-bond acceptors (Lipinski definition) is 4. The predicted molar refractivity (Wildman–Crippen MR) is 129 cm³/mol. The highest BCUT2D eigenvalue weighted by molar-refractivity contribution is 5.82. The second kappa shape index (κ2) is 9.36. The number of piperidine rings is 1. The number of nitrogens with zero attached hydrogens (tertiary/aromatic N) is 2. The van der Waals surface area contributed by atoms with Gasteiger partial charge >= 0.3 is 12.4 Å². The maximum atomic E-state index is 16.0. The standard InChI is InChI=1S/C27H28F7N3O2/c1-15-9-25(28,16-3-5-17(6-4-16)26(29,30)31)10-18(36-15)13-39-20-7-21(27(32,33)34)23-22(8-20)35-14-37(23)19-11-24(2,38)12-19/h3-8,14-15,18-19,36,38H,9-13H2,1-2H3. The lowest BCUT2D eigenvalue weighted by molar-refractivity contribution is -0.138. The molecule has 0 radical (unpaired) electrons. The van der Waals surface area contributed by atoms with Crippen molar-refractivity contribution in [1.82, 2.24) is 14.9 Å². The van der Waals surface area contributed by atoms with Crippen LogP contribution < -0.4 is 10.1 Å². The number of hydrogen-bond donors (Lipinski definition) is 2. The summed E-state index contributed by atoms with van der Waals surface area (Å²) in [6.45, 7) is 3.19. The van der Waals surface area contributed by atoms with Gasteiger partial charge in [-0.15, -0.1) is 0 Å². The summed E-state index contributed by atoms with van der Waals surface area (Å²) in [5.41, 5.74) is -4.57. The molecular weight excluding hydrogens is 531 g/mol. The topological polar surface area (TPSA) is 59.3 Å². The third kappa shape index (κ3) is 5.58. The molecule has 1 aromatic heterocycles. The Hall–Kier alpha value is -2.86. The first-order valence-corrected chi connectivity index (χ1v) is 12.6. The normalized spacial score (nSPS) is 29.8. The van der Waals surface area contributed by atoms with Crippen LogP contribution in [-0.2, 0) is 18.0 Å². The van der Waals surface area contributed by atoms with Crippen molar-refractivity contribution in [3.63, 3.8) is 0 Å². The Balaban J connectivity index is 1.35. The van der Waals surface area contributed by atoms with Gasteiger partial charge in [-0.2, -0.15) is 26.3 Å². The number of halogens is 7. The molecule has 3 unspecified atom stereocenters. The van der Waals surface area contributed by atoms with Crippen LogP contribution in [0.2, 0.25) is 0 Å². The second-order valence-electron chi connectivity index (χ2n) is 11.1. The van der Waals surface area contributed by atoms with Gasteiger partial charge in [0, 0.05) is 37.0 Å². The molecule has 5 nitrogen and oxygen atoms in total. The SMILES string of the molecule is CC1CC(F)(c2ccc(C(F)(F)F)cc2)CC(COc2cc(C(F)(F)F)c3c(c2)ncn3C2CC(C)(O)C2)N1. The zero-order valence-corrected chi connectivity index (χ0v) is 21.2. The van der Waals surface area contributed by atoms with E-state index in [1.54, 1.807) is 13.8 Å². The quantitative estimate of drug-likeness (QED) is 0.349. The molecule has 3 aromatic rings. The predicted octanol–water partition coefficient (Wildman–Crippen LogP) is 6.54. The van der Waals surface area contributed by atoms with Gasteiger partial charge in [-0.25, -0.2) is 9.37 Å². The van der Waals surface area contributed by atoms with Crippen molar-refractivity contribution in [3.05, 3.63) is 59.4 Å². The lowest BCUT2D eigenvalue weighted by Gasteiger charge is -2.41. The number of fused-ring (bicyclic) bond motifs is 1. The fraction of sp³-hybridized carbons (Fsp3) is 0.519. The minimum Gasteiger partial charge on any atom is -0.492 e. The van der Waals surface area contributed by atoms with Crippen molar-refractivity contribution < 1.29 is 40.6 Å². The summed E-state index contributed by atoms with van der Waals surface area (Å²) in [6, 6.07) is 4.93. The molecule has 3 atom stereocenters. The van der Waals surface area contributed by atoms with Gasteiger partial charge in [0.2, 0.25) is 0 Å². The van der Waals surface area contributed by atoms with E-state index in [0.29, 0.717) is 12.8 Å². The number of rotatable bonds is 5. The summed E-state index contributed by atoms with van der Waals surface area (Å²) in [7, 11) is 0. The molecule has 1 saturated heterocycles. The minimum absolute atomic E-state index is 0.0184. The molecule has 1 aliphatic heterocycles. The minimum atomic E-state index is -4.70. The van der Waals surface area contributed by atoms with Crippen LogP contribution in [0.25, 0.3) is 11.0 Å². The highest BCUT2D eigenvalue weighted by Crippen LogP contribution is 2.45. The van der Waals surface area contributed by atoms with E-state index < -0.39 is 40.8 Å². The summed E-state index contributed by atoms with van der Waals surface area (Å²) < 4.78 is 104. The van der Waals surface area contributed by atoms with Crippen LogP contribution in [0.15, 0.2) is 42.7 Å². The van der Waals surface area contributed by atoms with Gasteiger partial charge in [-0.3, -0.25) is 0 Å². The van der Waals surface area contributed by atoms with Gasteiger partial charge in [-0.05, 0) is 50.5 Å². The van der Waals surface area contributed by atoms with Crippen LogP contribution in [0.5, 0.6) is 5.75 Å². The lowest BCUT2D eigenvalue weighted by Crippen LogP contribution is -2.51. The molecule has 1 aliphatic carbocycles. The molecule has 212 valence electrons. The molecule has 5 rings (SSSR count). The van der Waals surface area contributed by atoms with Crippen LogP contribution in [0, 0.1) is 0 Å². The lowest BCUT2D eigenvalue weighted by atomic mass is 9.77. The molecule has 0 spiro atoms. The molecular formula is C27H28F7N3O2. The monoisotopic (exact) mass is 559 g/mol. The van der Waals surface area contributed by atoms with Crippen LogP contribution in [0.3, 0.4) is 0 Å². The third-order valence-electron chi connectivity index (χ3n) is 7.59. The summed E-state index contributed by atoms with van der Waals surface area (Å²) in [5.74, 6) is -0.0836. The van der Waals surface area contributed by atoms with Crippen LogP contribution >= 0.6 is 0 Å². The number of aliphatic hydroxyl groups is 1. The van der Waals surface area contributed by atoms with Crippen molar-refractivity contribution >= 4 is 11.0 Å². The molecule has 2 fully saturated rings. The van der Waals surface area contributed by atoms with Crippen LogP contribution in [0.1, 0.15) is 62.3 Å². The molecule has 12 heteroatoms. The van der Waals surface area contributed by atoms with E-state index in [-0.39, 0.29) is 53.9 Å². The Labute approximate surface area is 220 Å². The van der Waals surface area contributed by atoms with Crippen molar-refractivity contribution in [2.45, 2.75) is 81.3 Å². The molecule has 2 aromatic carbocycles. The maximum absolute atomic E-state index is 16.0. The van der Waals surface area contributed by atoms with E-state index >= 15 is 4.39 Å². The van der Waals surface area contributed by atoms with E-state index in [2.05, 4.69) is 10.3 Å². The first kappa shape index (κ1) is 27.7. The molecule has 2 heterocycles. The van der Waals surface area contributed by atoms with Gasteiger partial charge in [0.15, 0.2) is 0 Å². The smallest absolute Gasteiger partial charge is 0.418 e. The van der Waals surface area contributed by atoms with E-state index in [9.17, 15) is 31.4 Å². The van der Waals surface area contributed by atoms with Crippen molar-refractivity contribution in [1.29, 1.82) is 0 Å². The fourth-order valence-corrected chi connectivity index (χ4v) is 5.85. The van der Waals surface area contributed by atoms with Gasteiger partial charge in [-0.1, -0.05) is 12.1 Å². The molecule has 1 saturated carbocycles. The largest absolute Gasteiger partial charge is 0.492 e. The maximum Gasteiger partial charge on any atom is 0.418 e. The number of nitrogens with one attached hydrogen (secondary N) is 1. The Morgan fingerprint density at radius 3 is 2.28 bits per heavy atom. The van der Waals surface area contributed by atoms with E-state index in [0.717, 1.165) is 30.3 Å². The second-order valence-corrected chi connectivity index (χ2v) is 11.1. The van der Waals surface area contributed by atoms with Crippen molar-refractivity contribution in [2.24, 2.45) is 0 Å². The first-order valence-electron chi connectivity index (χ1n) is 12.6. The number of ether oxygens (including phenoxy) is 1. The Morgan fingerprint density at radius 1 is 1.03 bits per heavy atom. The average molecular weight is 560 g/mol. The summed E-state index contributed by atoms with van der Waals surface area (Å²) >= 11 is 0. The molecule has 2 N–H and O–H groups in total. The Kier molecular flexibility index (Phi) is 6.65. The summed E-state index contributed by atoms with van der Waals surface area (Å²) in [6.07, 6.45) is -7.40. The van der Waals surface area contributed by atoms with E-state index in [1.807, 2.05) is 0 Å². The fourth-order valence-electron chi connectivity index (χ4n) is 5.85. The van der Waals surface area contributed by atoms with Gasteiger partial charge in [0.05, 0.1) is 34.1 Å². The van der Waals surface area contributed by atoms with Crippen LogP contribution in [-0.4, -0.2) is 38.9 Å². The highest BCUT2D eigenvalue weighted by Gasteiger charge is 2.43. The molecule has 2 aliphatic rings. The van der Waals surface area contributed by atoms with E-state index in [1.165, 1.54) is 17.0 Å². The molecule has 0 bridgehead atoms. The van der Waals surface area contributed by atoms with Crippen molar-refractivity contribution in [3.8, 4) is 5.75 Å². The number of alkyl halides is 7. The average Bonchev–Trinajstić information content (AvgIpc) is 3.22. The third-order valence-corrected chi connectivity index (χ3v) is 7.59. The number of aromatic nitrogens is 2. The van der Waals surface area contributed by atoms with E-state index in [4.69, 9.17) is 4.74 Å². The van der Waals surface area contributed by atoms with Gasteiger partial charge in [0.1, 0.15) is 18.0 Å². The number of imidazole rings is 1. The zero-order chi connectivity index (χ0) is 28.4. The van der Waals surface area contributed by atoms with Gasteiger partial charge < -0.3 is 19.7 Å². The van der Waals surface area contributed by atoms with Crippen LogP contribution in [0.4, 0.5) is 30.7 Å². The summed E-state index contributed by atoms with van der Waals surface area (Å²) in [5, 5.41) is 13.2. The van der Waals surface area contributed by atoms with Crippen molar-refractivity contribution in [2.75, 3.05) is 6.61 Å². The zero-order valence-electron chi connectivity index (χ0n) is 21.2. The highest BCUT2D eigenvalue weighted by atomic mass is 19.4. The first-order chi connectivity index (χ1) is 18.0. The van der Waals surface area contributed by atoms with Gasteiger partial charge in [0.25, 0.3) is 0 Å². The summed E-state index contributed by atoms with van der Waals surface area (Å²) in [4.78, 5) is 4.14. The Morgan fingerprint density at radius 2 is 1.69 bits per heavy atom. The molecule has 0 amide bonds. The Bertz CT molecular complexity index is 1340. The number of benzene rings is 2. The molecule has 39 heavy (non-hydrogen) atoms.